The third-order valence-corrected chi connectivity index (χ3v) is 3.02. The number of carbonyl (C=O) groups excluding carboxylic acids is 2. The average molecular weight is 271 g/mol. The number of hydrogen-bond donors (Lipinski definition) is 1. The van der Waals surface area contributed by atoms with Crippen LogP contribution in [0.1, 0.15) is 25.3 Å². The summed E-state index contributed by atoms with van der Waals surface area (Å²) >= 11 is 0. The van der Waals surface area contributed by atoms with Crippen LogP contribution in [0, 0.1) is 6.92 Å². The van der Waals surface area contributed by atoms with Crippen molar-refractivity contribution >= 4 is 18.1 Å². The molecule has 0 saturated heterocycles. The molecule has 0 heterocycles. The van der Waals surface area contributed by atoms with Crippen molar-refractivity contribution in [2.75, 3.05) is 0 Å². The van der Waals surface area contributed by atoms with Crippen LogP contribution in [0.15, 0.2) is 52.2 Å². The molecule has 20 heavy (non-hydrogen) atoms. The van der Waals surface area contributed by atoms with E-state index in [1.54, 1.807) is 6.21 Å². The number of allylic oxidation sites excluding steroid dienone is 3. The van der Waals surface area contributed by atoms with Gasteiger partial charge in [0.15, 0.2) is 0 Å². The van der Waals surface area contributed by atoms with Crippen LogP contribution in [0.4, 0.5) is 5.69 Å². The van der Waals surface area contributed by atoms with E-state index in [1.165, 1.54) is 0 Å². The minimum absolute atomic E-state index is 0.250. The van der Waals surface area contributed by atoms with E-state index in [-0.39, 0.29) is 6.15 Å². The summed E-state index contributed by atoms with van der Waals surface area (Å²) in [4.78, 5) is 20.7. The van der Waals surface area contributed by atoms with Crippen LogP contribution in [0.5, 0.6) is 0 Å². The minimum atomic E-state index is 0.250. The number of hydrogen-bond acceptors (Lipinski definition) is 4. The molecular weight excluding hydrogens is 254 g/mol. The van der Waals surface area contributed by atoms with Gasteiger partial charge in [-0.3, -0.25) is 4.99 Å². The molecule has 1 aromatic carbocycles. The Kier molecular flexibility index (Phi) is 6.14. The molecule has 0 aliphatic heterocycles. The molecule has 4 heteroatoms. The van der Waals surface area contributed by atoms with Crippen LogP contribution in [0.2, 0.25) is 0 Å². The molecule has 0 atom stereocenters. The second-order valence-corrected chi connectivity index (χ2v) is 4.46. The summed E-state index contributed by atoms with van der Waals surface area (Å²) in [6.45, 7) is 3.99. The fraction of sp³-hybridized carbons (Fsp3) is 0.250. The Morgan fingerprint density at radius 1 is 1.25 bits per heavy atom. The summed E-state index contributed by atoms with van der Waals surface area (Å²) < 4.78 is 0. The van der Waals surface area contributed by atoms with E-state index < -0.39 is 0 Å². The standard InChI is InChI=1S/C15H17NO.CO2/c1-11-6-3-4-9-14(11)16-10-13-8-5-7-12(2)15(13)17;2-1-3/h3-4,6,8-10,17H,5,7H2,1-2H3;. The maximum Gasteiger partial charge on any atom is 0.373 e. The number of aliphatic hydroxyl groups is 1. The van der Waals surface area contributed by atoms with E-state index in [0.29, 0.717) is 5.76 Å². The second kappa shape index (κ2) is 7.87. The third-order valence-electron chi connectivity index (χ3n) is 3.02. The number of nitrogens with zero attached hydrogens (tertiary/aromatic N) is 1. The van der Waals surface area contributed by atoms with Gasteiger partial charge in [-0.05, 0) is 43.9 Å². The Morgan fingerprint density at radius 2 is 1.90 bits per heavy atom. The average Bonchev–Trinajstić information content (AvgIpc) is 2.43. The maximum atomic E-state index is 9.90. The number of para-hydroxylation sites is 1. The van der Waals surface area contributed by atoms with Crippen LogP contribution in [-0.4, -0.2) is 17.5 Å². The molecule has 0 radical (unpaired) electrons. The van der Waals surface area contributed by atoms with Gasteiger partial charge in [0, 0.05) is 11.8 Å². The molecule has 0 bridgehead atoms. The molecule has 0 spiro atoms. The zero-order valence-electron chi connectivity index (χ0n) is 11.6. The second-order valence-electron chi connectivity index (χ2n) is 4.46. The van der Waals surface area contributed by atoms with Gasteiger partial charge in [0.2, 0.25) is 0 Å². The van der Waals surface area contributed by atoms with Crippen LogP contribution in [-0.2, 0) is 9.59 Å². The highest BCUT2D eigenvalue weighted by molar-refractivity contribution is 5.86. The highest BCUT2D eigenvalue weighted by atomic mass is 16.3. The van der Waals surface area contributed by atoms with E-state index in [9.17, 15) is 5.11 Å². The lowest BCUT2D eigenvalue weighted by Gasteiger charge is -2.11. The van der Waals surface area contributed by atoms with E-state index in [1.807, 2.05) is 44.2 Å². The summed E-state index contributed by atoms with van der Waals surface area (Å²) in [7, 11) is 0. The van der Waals surface area contributed by atoms with Gasteiger partial charge in [-0.25, -0.2) is 0 Å². The zero-order valence-corrected chi connectivity index (χ0v) is 11.6. The first kappa shape index (κ1) is 15.6. The Hall–Kier alpha value is -2.45. The first-order chi connectivity index (χ1) is 9.60. The number of rotatable bonds is 2. The molecule has 1 aromatic rings. The molecule has 0 unspecified atom stereocenters. The third kappa shape index (κ3) is 4.34. The van der Waals surface area contributed by atoms with E-state index >= 15 is 0 Å². The number of aliphatic imine (C=N–C) groups is 1. The SMILES string of the molecule is CC1=C(O)C(C=Nc2ccccc2C)=CCC1.O=C=O. The van der Waals surface area contributed by atoms with Gasteiger partial charge in [-0.15, -0.1) is 0 Å². The molecule has 1 N–H and O–H groups in total. The maximum absolute atomic E-state index is 9.90. The van der Waals surface area contributed by atoms with Crippen molar-refractivity contribution in [1.82, 2.24) is 0 Å². The van der Waals surface area contributed by atoms with E-state index in [4.69, 9.17) is 9.59 Å². The molecular formula is C16H17NO3. The van der Waals surface area contributed by atoms with Gasteiger partial charge in [-0.2, -0.15) is 9.59 Å². The molecule has 104 valence electrons. The van der Waals surface area contributed by atoms with Crippen molar-refractivity contribution in [3.63, 3.8) is 0 Å². The topological polar surface area (TPSA) is 66.7 Å². The monoisotopic (exact) mass is 271 g/mol. The highest BCUT2D eigenvalue weighted by Gasteiger charge is 2.09. The van der Waals surface area contributed by atoms with Crippen molar-refractivity contribution in [1.29, 1.82) is 0 Å². The predicted octanol–water partition coefficient (Wildman–Crippen LogP) is 3.67. The lowest BCUT2D eigenvalue weighted by atomic mass is 9.99. The summed E-state index contributed by atoms with van der Waals surface area (Å²) in [5.41, 5.74) is 3.96. The van der Waals surface area contributed by atoms with Gasteiger partial charge in [0.05, 0.1) is 5.69 Å². The molecule has 1 aliphatic carbocycles. The highest BCUT2D eigenvalue weighted by Crippen LogP contribution is 2.23. The van der Waals surface area contributed by atoms with Crippen LogP contribution in [0.25, 0.3) is 0 Å². The summed E-state index contributed by atoms with van der Waals surface area (Å²) in [6, 6.07) is 7.97. The quantitative estimate of drug-likeness (QED) is 0.834. The lowest BCUT2D eigenvalue weighted by molar-refractivity contribution is -0.191. The van der Waals surface area contributed by atoms with Crippen molar-refractivity contribution in [2.45, 2.75) is 26.7 Å². The molecule has 4 nitrogen and oxygen atoms in total. The van der Waals surface area contributed by atoms with Crippen LogP contribution in [0.3, 0.4) is 0 Å². The minimum Gasteiger partial charge on any atom is -0.507 e. The largest absolute Gasteiger partial charge is 0.507 e. The molecule has 0 aromatic heterocycles. The van der Waals surface area contributed by atoms with Crippen LogP contribution >= 0.6 is 0 Å². The zero-order chi connectivity index (χ0) is 15.0. The molecule has 0 fully saturated rings. The van der Waals surface area contributed by atoms with Crippen molar-refractivity contribution < 1.29 is 14.7 Å². The first-order valence-electron chi connectivity index (χ1n) is 6.28. The van der Waals surface area contributed by atoms with Crippen LogP contribution < -0.4 is 0 Å². The molecule has 1 aliphatic rings. The lowest BCUT2D eigenvalue weighted by Crippen LogP contribution is -1.99. The Labute approximate surface area is 118 Å². The normalized spacial score (nSPS) is 14.4. The predicted molar refractivity (Wildman–Crippen MR) is 77.0 cm³/mol. The molecule has 0 amide bonds. The van der Waals surface area contributed by atoms with Gasteiger partial charge in [0.25, 0.3) is 0 Å². The fourth-order valence-electron chi connectivity index (χ4n) is 1.87. The van der Waals surface area contributed by atoms with Gasteiger partial charge in [0.1, 0.15) is 5.76 Å². The summed E-state index contributed by atoms with van der Waals surface area (Å²) in [6.07, 6.45) is 5.95. The van der Waals surface area contributed by atoms with Crippen molar-refractivity contribution in [2.24, 2.45) is 4.99 Å². The van der Waals surface area contributed by atoms with Crippen molar-refractivity contribution in [3.8, 4) is 0 Å². The Morgan fingerprint density at radius 3 is 2.55 bits per heavy atom. The van der Waals surface area contributed by atoms with Crippen molar-refractivity contribution in [3.05, 3.63) is 52.8 Å². The fourth-order valence-corrected chi connectivity index (χ4v) is 1.87. The van der Waals surface area contributed by atoms with Gasteiger partial charge in [-0.1, -0.05) is 24.3 Å². The van der Waals surface area contributed by atoms with Gasteiger partial charge < -0.3 is 5.11 Å². The molecule has 0 saturated carbocycles. The summed E-state index contributed by atoms with van der Waals surface area (Å²) in [5.74, 6) is 0.383. The smallest absolute Gasteiger partial charge is 0.373 e. The number of aliphatic hydroxyl groups excluding tert-OH is 1. The first-order valence-corrected chi connectivity index (χ1v) is 6.28. The molecule has 2 rings (SSSR count). The number of benzene rings is 1. The van der Waals surface area contributed by atoms with E-state index in [0.717, 1.165) is 35.2 Å². The van der Waals surface area contributed by atoms with E-state index in [2.05, 4.69) is 4.99 Å². The Balaban J connectivity index is 0.000000612. The van der Waals surface area contributed by atoms with Gasteiger partial charge >= 0.3 is 6.15 Å². The Bertz CT molecular complexity index is 591. The number of aryl methyl sites for hydroxylation is 1. The summed E-state index contributed by atoms with van der Waals surface area (Å²) in [5, 5.41) is 9.90.